The maximum atomic E-state index is 12.9. The van der Waals surface area contributed by atoms with Gasteiger partial charge in [-0.15, -0.1) is 0 Å². The topological polar surface area (TPSA) is 9.23 Å². The third kappa shape index (κ3) is 2.79. The minimum atomic E-state index is -0.226. The van der Waals surface area contributed by atoms with Crippen LogP contribution in [0.25, 0.3) is 0 Å². The number of hydrogen-bond donors (Lipinski definition) is 0. The molecule has 1 fully saturated rings. The van der Waals surface area contributed by atoms with E-state index in [-0.39, 0.29) is 5.82 Å². The van der Waals surface area contributed by atoms with E-state index in [1.807, 2.05) is 0 Å². The highest BCUT2D eigenvalue weighted by Gasteiger charge is 2.20. The fraction of sp³-hybridized carbons (Fsp3) is 0.455. The summed E-state index contributed by atoms with van der Waals surface area (Å²) in [6.07, 6.45) is 2.60. The van der Waals surface area contributed by atoms with Gasteiger partial charge in [-0.05, 0) is 52.4 Å². The van der Waals surface area contributed by atoms with Crippen LogP contribution in [-0.4, -0.2) is 6.61 Å². The minimum absolute atomic E-state index is 0.226. The summed E-state index contributed by atoms with van der Waals surface area (Å²) in [7, 11) is 0. The van der Waals surface area contributed by atoms with E-state index in [0.717, 1.165) is 18.1 Å². The zero-order chi connectivity index (χ0) is 9.97. The van der Waals surface area contributed by atoms with Gasteiger partial charge in [0.1, 0.15) is 5.82 Å². The number of hydrogen-bond acceptors (Lipinski definition) is 1. The molecule has 1 nitrogen and oxygen atoms in total. The van der Waals surface area contributed by atoms with Gasteiger partial charge in [-0.25, -0.2) is 4.39 Å². The number of rotatable bonds is 4. The Hall–Kier alpha value is -0.410. The molecule has 1 aliphatic carbocycles. The van der Waals surface area contributed by atoms with E-state index in [1.165, 1.54) is 18.9 Å². The van der Waals surface area contributed by atoms with E-state index in [4.69, 9.17) is 4.74 Å². The highest BCUT2D eigenvalue weighted by atomic mass is 79.9. The van der Waals surface area contributed by atoms with Gasteiger partial charge in [0.2, 0.25) is 0 Å². The average molecular weight is 259 g/mol. The van der Waals surface area contributed by atoms with Crippen LogP contribution in [0, 0.1) is 11.7 Å². The predicted octanol–water partition coefficient (Wildman–Crippen LogP) is 3.51. The summed E-state index contributed by atoms with van der Waals surface area (Å²) in [6, 6.07) is 4.98. The Morgan fingerprint density at radius 3 is 2.86 bits per heavy atom. The molecule has 0 radical (unpaired) electrons. The normalized spacial score (nSPS) is 15.9. The maximum Gasteiger partial charge on any atom is 0.137 e. The Morgan fingerprint density at radius 2 is 2.21 bits per heavy atom. The van der Waals surface area contributed by atoms with Crippen LogP contribution < -0.4 is 0 Å². The molecule has 0 spiro atoms. The molecule has 1 aromatic rings. The third-order valence-electron chi connectivity index (χ3n) is 2.30. The summed E-state index contributed by atoms with van der Waals surface area (Å²) in [6.45, 7) is 1.42. The van der Waals surface area contributed by atoms with Crippen molar-refractivity contribution in [3.8, 4) is 0 Å². The second-order valence-corrected chi connectivity index (χ2v) is 4.56. The molecule has 1 saturated carbocycles. The zero-order valence-corrected chi connectivity index (χ0v) is 9.39. The number of benzene rings is 1. The smallest absolute Gasteiger partial charge is 0.137 e. The summed E-state index contributed by atoms with van der Waals surface area (Å²) >= 11 is 3.15. The van der Waals surface area contributed by atoms with Gasteiger partial charge in [-0.2, -0.15) is 0 Å². The molecule has 3 heteroatoms. The van der Waals surface area contributed by atoms with Gasteiger partial charge in [-0.1, -0.05) is 6.07 Å². The Labute approximate surface area is 91.4 Å². The van der Waals surface area contributed by atoms with E-state index in [1.54, 1.807) is 12.1 Å². The number of halogens is 2. The second kappa shape index (κ2) is 4.41. The zero-order valence-electron chi connectivity index (χ0n) is 7.80. The van der Waals surface area contributed by atoms with Gasteiger partial charge in [0.15, 0.2) is 0 Å². The van der Waals surface area contributed by atoms with Crippen LogP contribution in [-0.2, 0) is 11.3 Å². The van der Waals surface area contributed by atoms with E-state index in [0.29, 0.717) is 11.1 Å². The molecule has 0 aromatic heterocycles. The lowest BCUT2D eigenvalue weighted by Gasteiger charge is -2.04. The van der Waals surface area contributed by atoms with Crippen molar-refractivity contribution in [1.29, 1.82) is 0 Å². The van der Waals surface area contributed by atoms with Crippen molar-refractivity contribution in [2.45, 2.75) is 19.4 Å². The first kappa shape index (κ1) is 10.1. The first-order valence-electron chi connectivity index (χ1n) is 4.77. The lowest BCUT2D eigenvalue weighted by Crippen LogP contribution is -1.97. The van der Waals surface area contributed by atoms with Crippen LogP contribution in [0.3, 0.4) is 0 Å². The molecule has 0 unspecified atom stereocenters. The van der Waals surface area contributed by atoms with Crippen molar-refractivity contribution in [2.75, 3.05) is 6.61 Å². The Balaban J connectivity index is 1.85. The molecule has 0 N–H and O–H groups in total. The Kier molecular flexibility index (Phi) is 3.19. The molecule has 0 saturated heterocycles. The van der Waals surface area contributed by atoms with Gasteiger partial charge in [0.05, 0.1) is 11.1 Å². The van der Waals surface area contributed by atoms with Crippen LogP contribution in [0.4, 0.5) is 4.39 Å². The van der Waals surface area contributed by atoms with Crippen LogP contribution in [0.1, 0.15) is 18.4 Å². The Morgan fingerprint density at radius 1 is 1.43 bits per heavy atom. The third-order valence-corrected chi connectivity index (χ3v) is 2.91. The van der Waals surface area contributed by atoms with E-state index in [2.05, 4.69) is 15.9 Å². The molecule has 76 valence electrons. The standard InChI is InChI=1S/C11H12BrFO/c12-10-5-9(3-4-11(10)13)7-14-6-8-1-2-8/h3-5,8H,1-2,6-7H2. The lowest BCUT2D eigenvalue weighted by molar-refractivity contribution is 0.111. The monoisotopic (exact) mass is 258 g/mol. The van der Waals surface area contributed by atoms with E-state index < -0.39 is 0 Å². The molecule has 0 heterocycles. The maximum absolute atomic E-state index is 12.9. The molecule has 14 heavy (non-hydrogen) atoms. The molecular formula is C11H12BrFO. The van der Waals surface area contributed by atoms with Gasteiger partial charge >= 0.3 is 0 Å². The van der Waals surface area contributed by atoms with Gasteiger partial charge in [0, 0.05) is 6.61 Å². The molecule has 2 rings (SSSR count). The van der Waals surface area contributed by atoms with Gasteiger partial charge in [0.25, 0.3) is 0 Å². The van der Waals surface area contributed by atoms with Crippen molar-refractivity contribution in [3.63, 3.8) is 0 Å². The SMILES string of the molecule is Fc1ccc(COCC2CC2)cc1Br. The summed E-state index contributed by atoms with van der Waals surface area (Å²) in [5.74, 6) is 0.551. The van der Waals surface area contributed by atoms with Crippen molar-refractivity contribution < 1.29 is 9.13 Å². The molecule has 0 amide bonds. The summed E-state index contributed by atoms with van der Waals surface area (Å²) in [5.41, 5.74) is 1.01. The van der Waals surface area contributed by atoms with Crippen molar-refractivity contribution in [2.24, 2.45) is 5.92 Å². The van der Waals surface area contributed by atoms with Crippen LogP contribution in [0.5, 0.6) is 0 Å². The first-order chi connectivity index (χ1) is 6.75. The fourth-order valence-corrected chi connectivity index (χ4v) is 1.68. The molecule has 0 atom stereocenters. The lowest BCUT2D eigenvalue weighted by atomic mass is 10.2. The first-order valence-corrected chi connectivity index (χ1v) is 5.56. The summed E-state index contributed by atoms with van der Waals surface area (Å²) < 4.78 is 18.9. The van der Waals surface area contributed by atoms with Crippen molar-refractivity contribution in [3.05, 3.63) is 34.1 Å². The fourth-order valence-electron chi connectivity index (χ4n) is 1.26. The second-order valence-electron chi connectivity index (χ2n) is 3.71. The quantitative estimate of drug-likeness (QED) is 0.803. The minimum Gasteiger partial charge on any atom is -0.376 e. The highest BCUT2D eigenvalue weighted by Crippen LogP contribution is 2.29. The number of ether oxygens (including phenoxy) is 1. The molecule has 1 aliphatic rings. The molecule has 0 aliphatic heterocycles. The summed E-state index contributed by atoms with van der Waals surface area (Å²) in [5, 5.41) is 0. The molecule has 1 aromatic carbocycles. The molecule has 0 bridgehead atoms. The average Bonchev–Trinajstić information content (AvgIpc) is 2.95. The molecular weight excluding hydrogens is 247 g/mol. The van der Waals surface area contributed by atoms with E-state index in [9.17, 15) is 4.39 Å². The Bertz CT molecular complexity index is 323. The van der Waals surface area contributed by atoms with Gasteiger partial charge in [-0.3, -0.25) is 0 Å². The highest BCUT2D eigenvalue weighted by molar-refractivity contribution is 9.10. The largest absolute Gasteiger partial charge is 0.376 e. The van der Waals surface area contributed by atoms with Crippen LogP contribution in [0.15, 0.2) is 22.7 Å². The van der Waals surface area contributed by atoms with Crippen LogP contribution >= 0.6 is 15.9 Å². The van der Waals surface area contributed by atoms with Crippen LogP contribution in [0.2, 0.25) is 0 Å². The predicted molar refractivity (Wildman–Crippen MR) is 56.5 cm³/mol. The van der Waals surface area contributed by atoms with Crippen molar-refractivity contribution >= 4 is 15.9 Å². The van der Waals surface area contributed by atoms with E-state index >= 15 is 0 Å². The van der Waals surface area contributed by atoms with Gasteiger partial charge < -0.3 is 4.74 Å². The van der Waals surface area contributed by atoms with Crippen molar-refractivity contribution in [1.82, 2.24) is 0 Å². The summed E-state index contributed by atoms with van der Waals surface area (Å²) in [4.78, 5) is 0.